The van der Waals surface area contributed by atoms with Crippen LogP contribution in [0.15, 0.2) is 18.2 Å². The molecule has 0 bridgehead atoms. The number of carbonyl (C=O) groups excluding carboxylic acids is 1. The van der Waals surface area contributed by atoms with Crippen molar-refractivity contribution in [2.24, 2.45) is 11.1 Å². The molecule has 1 aromatic rings. The molecule has 3 heteroatoms. The van der Waals surface area contributed by atoms with Crippen molar-refractivity contribution in [3.63, 3.8) is 0 Å². The summed E-state index contributed by atoms with van der Waals surface area (Å²) in [6.07, 6.45) is 5.08. The van der Waals surface area contributed by atoms with Crippen molar-refractivity contribution in [2.75, 3.05) is 11.4 Å². The van der Waals surface area contributed by atoms with Gasteiger partial charge in [0.1, 0.15) is 0 Å². The first-order valence-corrected chi connectivity index (χ1v) is 7.69. The molecular weight excluding hydrogens is 248 g/mol. The quantitative estimate of drug-likeness (QED) is 0.854. The highest BCUT2D eigenvalue weighted by Gasteiger charge is 2.45. The third-order valence-corrected chi connectivity index (χ3v) is 5.12. The van der Waals surface area contributed by atoms with Crippen molar-refractivity contribution < 1.29 is 4.79 Å². The third kappa shape index (κ3) is 2.05. The molecule has 1 aliphatic heterocycles. The fourth-order valence-corrected chi connectivity index (χ4v) is 3.70. The molecule has 1 aliphatic carbocycles. The second kappa shape index (κ2) is 4.88. The molecule has 0 saturated heterocycles. The molecule has 1 fully saturated rings. The van der Waals surface area contributed by atoms with Crippen LogP contribution in [0.1, 0.15) is 43.7 Å². The van der Waals surface area contributed by atoms with Crippen LogP contribution in [0.25, 0.3) is 0 Å². The molecule has 0 aromatic heterocycles. The predicted octanol–water partition coefficient (Wildman–Crippen LogP) is 2.79. The number of aryl methyl sites for hydroxylation is 2. The van der Waals surface area contributed by atoms with E-state index in [4.69, 9.17) is 5.73 Å². The minimum absolute atomic E-state index is 0.00539. The second-order valence-corrected chi connectivity index (χ2v) is 6.61. The number of rotatable bonds is 1. The summed E-state index contributed by atoms with van der Waals surface area (Å²) in [7, 11) is 0. The average molecular weight is 272 g/mol. The molecule has 0 radical (unpaired) electrons. The van der Waals surface area contributed by atoms with Crippen molar-refractivity contribution in [1.29, 1.82) is 0 Å². The van der Waals surface area contributed by atoms with Crippen LogP contribution in [-0.4, -0.2) is 18.5 Å². The maximum atomic E-state index is 13.0. The summed E-state index contributed by atoms with van der Waals surface area (Å²) in [5.41, 5.74) is 9.52. The van der Waals surface area contributed by atoms with Gasteiger partial charge in [-0.25, -0.2) is 0 Å². The Kier molecular flexibility index (Phi) is 3.33. The maximum absolute atomic E-state index is 13.0. The summed E-state index contributed by atoms with van der Waals surface area (Å²) >= 11 is 0. The Bertz CT molecular complexity index is 540. The van der Waals surface area contributed by atoms with Crippen molar-refractivity contribution in [1.82, 2.24) is 0 Å². The zero-order valence-corrected chi connectivity index (χ0v) is 12.5. The van der Waals surface area contributed by atoms with Gasteiger partial charge in [-0.1, -0.05) is 24.1 Å². The Hall–Kier alpha value is -1.35. The Morgan fingerprint density at radius 1 is 1.40 bits per heavy atom. The van der Waals surface area contributed by atoms with Gasteiger partial charge < -0.3 is 10.6 Å². The standard InChI is InChI=1S/C17H24N2O/c1-12-7-8-14-13(11-12)5-4-10-19(14)16(20)17(2)9-3-6-15(17)18/h7-8,11,15H,3-6,9-10,18H2,1-2H3. The number of fused-ring (bicyclic) bond motifs is 1. The lowest BCUT2D eigenvalue weighted by molar-refractivity contribution is -0.127. The summed E-state index contributed by atoms with van der Waals surface area (Å²) in [5, 5.41) is 0. The largest absolute Gasteiger partial charge is 0.327 e. The number of benzene rings is 1. The summed E-state index contributed by atoms with van der Waals surface area (Å²) in [6.45, 7) is 4.99. The molecule has 3 nitrogen and oxygen atoms in total. The van der Waals surface area contributed by atoms with E-state index in [1.54, 1.807) is 0 Å². The summed E-state index contributed by atoms with van der Waals surface area (Å²) in [5.74, 6) is 0.229. The smallest absolute Gasteiger partial charge is 0.234 e. The van der Waals surface area contributed by atoms with E-state index in [0.29, 0.717) is 0 Å². The van der Waals surface area contributed by atoms with Gasteiger partial charge in [-0.15, -0.1) is 0 Å². The van der Waals surface area contributed by atoms with Crippen LogP contribution in [-0.2, 0) is 11.2 Å². The summed E-state index contributed by atoms with van der Waals surface area (Å²) < 4.78 is 0. The molecule has 2 aliphatic rings. The number of anilines is 1. The number of carbonyl (C=O) groups is 1. The van der Waals surface area contributed by atoms with E-state index in [-0.39, 0.29) is 17.4 Å². The normalized spacial score (nSPS) is 29.4. The first-order valence-electron chi connectivity index (χ1n) is 7.69. The highest BCUT2D eigenvalue weighted by atomic mass is 16.2. The van der Waals surface area contributed by atoms with Crippen LogP contribution in [0.2, 0.25) is 0 Å². The average Bonchev–Trinajstić information content (AvgIpc) is 2.78. The molecule has 3 rings (SSSR count). The number of hydrogen-bond donors (Lipinski definition) is 1. The third-order valence-electron chi connectivity index (χ3n) is 5.12. The fourth-order valence-electron chi connectivity index (χ4n) is 3.70. The van der Waals surface area contributed by atoms with E-state index in [1.165, 1.54) is 11.1 Å². The SMILES string of the molecule is Cc1ccc2c(c1)CCCN2C(=O)C1(C)CCCC1N. The summed E-state index contributed by atoms with van der Waals surface area (Å²) in [4.78, 5) is 15.0. The maximum Gasteiger partial charge on any atom is 0.234 e. The van der Waals surface area contributed by atoms with Crippen LogP contribution >= 0.6 is 0 Å². The molecule has 1 heterocycles. The van der Waals surface area contributed by atoms with Crippen LogP contribution in [0.3, 0.4) is 0 Å². The van der Waals surface area contributed by atoms with Gasteiger partial charge in [-0.3, -0.25) is 4.79 Å². The summed E-state index contributed by atoms with van der Waals surface area (Å²) in [6, 6.07) is 6.42. The lowest BCUT2D eigenvalue weighted by Crippen LogP contribution is -2.50. The van der Waals surface area contributed by atoms with Gasteiger partial charge in [-0.2, -0.15) is 0 Å². The Labute approximate surface area is 121 Å². The van der Waals surface area contributed by atoms with Gasteiger partial charge in [0, 0.05) is 18.3 Å². The van der Waals surface area contributed by atoms with Crippen LogP contribution in [0, 0.1) is 12.3 Å². The minimum atomic E-state index is -0.375. The van der Waals surface area contributed by atoms with Gasteiger partial charge in [0.25, 0.3) is 0 Å². The molecule has 2 N–H and O–H groups in total. The van der Waals surface area contributed by atoms with Gasteiger partial charge in [0.2, 0.25) is 5.91 Å². The number of hydrogen-bond acceptors (Lipinski definition) is 2. The molecule has 2 unspecified atom stereocenters. The monoisotopic (exact) mass is 272 g/mol. The van der Waals surface area contributed by atoms with Crippen molar-refractivity contribution >= 4 is 11.6 Å². The van der Waals surface area contributed by atoms with Crippen LogP contribution in [0.5, 0.6) is 0 Å². The Morgan fingerprint density at radius 2 is 2.20 bits per heavy atom. The molecule has 0 spiro atoms. The van der Waals surface area contributed by atoms with E-state index in [9.17, 15) is 4.79 Å². The molecule has 1 saturated carbocycles. The van der Waals surface area contributed by atoms with E-state index in [0.717, 1.165) is 44.3 Å². The Morgan fingerprint density at radius 3 is 2.90 bits per heavy atom. The molecule has 108 valence electrons. The molecular formula is C17H24N2O. The molecule has 1 aromatic carbocycles. The van der Waals surface area contributed by atoms with Crippen molar-refractivity contribution in [3.05, 3.63) is 29.3 Å². The van der Waals surface area contributed by atoms with Gasteiger partial charge in [-0.05, 0) is 51.2 Å². The van der Waals surface area contributed by atoms with E-state index in [1.807, 2.05) is 4.90 Å². The van der Waals surface area contributed by atoms with E-state index in [2.05, 4.69) is 32.0 Å². The van der Waals surface area contributed by atoms with Crippen LogP contribution in [0.4, 0.5) is 5.69 Å². The van der Waals surface area contributed by atoms with E-state index >= 15 is 0 Å². The number of nitrogens with zero attached hydrogens (tertiary/aromatic N) is 1. The van der Waals surface area contributed by atoms with E-state index < -0.39 is 0 Å². The van der Waals surface area contributed by atoms with Crippen LogP contribution < -0.4 is 10.6 Å². The lowest BCUT2D eigenvalue weighted by atomic mass is 9.82. The topological polar surface area (TPSA) is 46.3 Å². The zero-order valence-electron chi connectivity index (χ0n) is 12.5. The first kappa shape index (κ1) is 13.6. The molecule has 20 heavy (non-hydrogen) atoms. The Balaban J connectivity index is 1.94. The van der Waals surface area contributed by atoms with Crippen molar-refractivity contribution in [3.8, 4) is 0 Å². The highest BCUT2D eigenvalue weighted by Crippen LogP contribution is 2.41. The predicted molar refractivity (Wildman–Crippen MR) is 81.8 cm³/mol. The molecule has 2 atom stereocenters. The fraction of sp³-hybridized carbons (Fsp3) is 0.588. The van der Waals surface area contributed by atoms with Gasteiger partial charge in [0.15, 0.2) is 0 Å². The number of amides is 1. The van der Waals surface area contributed by atoms with Crippen molar-refractivity contribution in [2.45, 2.75) is 52.0 Å². The highest BCUT2D eigenvalue weighted by molar-refractivity contribution is 5.99. The first-order chi connectivity index (χ1) is 9.52. The lowest BCUT2D eigenvalue weighted by Gasteiger charge is -2.37. The van der Waals surface area contributed by atoms with Gasteiger partial charge >= 0.3 is 0 Å². The number of nitrogens with two attached hydrogens (primary N) is 1. The second-order valence-electron chi connectivity index (χ2n) is 6.61. The van der Waals surface area contributed by atoms with Gasteiger partial charge in [0.05, 0.1) is 5.41 Å². The minimum Gasteiger partial charge on any atom is -0.327 e. The zero-order chi connectivity index (χ0) is 14.3. The molecule has 1 amide bonds.